The maximum absolute atomic E-state index is 10.9. The molecule has 1 N–H and O–H groups in total. The van der Waals surface area contributed by atoms with Gasteiger partial charge in [0.05, 0.1) is 6.42 Å². The SMILES string of the molecule is N#CC(C#N)=C1N(CCC(=O)O)CCN1Cc1cccc2ccccc12. The summed E-state index contributed by atoms with van der Waals surface area (Å²) in [5.41, 5.74) is 1.13. The van der Waals surface area contributed by atoms with E-state index >= 15 is 0 Å². The quantitative estimate of drug-likeness (QED) is 0.837. The summed E-state index contributed by atoms with van der Waals surface area (Å²) in [5.74, 6) is -0.364. The Morgan fingerprint density at radius 3 is 2.46 bits per heavy atom. The highest BCUT2D eigenvalue weighted by molar-refractivity contribution is 5.85. The van der Waals surface area contributed by atoms with E-state index in [1.54, 1.807) is 0 Å². The van der Waals surface area contributed by atoms with Gasteiger partial charge in [0.15, 0.2) is 5.57 Å². The number of aliphatic carboxylic acids is 1. The van der Waals surface area contributed by atoms with Gasteiger partial charge in [0.2, 0.25) is 0 Å². The van der Waals surface area contributed by atoms with E-state index in [2.05, 4.69) is 18.2 Å². The zero-order chi connectivity index (χ0) is 18.5. The smallest absolute Gasteiger partial charge is 0.305 e. The predicted octanol–water partition coefficient (Wildman–Crippen LogP) is 2.69. The van der Waals surface area contributed by atoms with E-state index in [-0.39, 0.29) is 18.5 Å². The van der Waals surface area contributed by atoms with Gasteiger partial charge in [-0.3, -0.25) is 4.79 Å². The van der Waals surface area contributed by atoms with Gasteiger partial charge in [0.1, 0.15) is 18.0 Å². The molecular formula is C20H18N4O2. The molecule has 1 saturated heterocycles. The highest BCUT2D eigenvalue weighted by Crippen LogP contribution is 2.27. The first kappa shape index (κ1) is 17.3. The summed E-state index contributed by atoms with van der Waals surface area (Å²) in [5, 5.41) is 29.9. The maximum atomic E-state index is 10.9. The highest BCUT2D eigenvalue weighted by Gasteiger charge is 2.29. The van der Waals surface area contributed by atoms with E-state index in [4.69, 9.17) is 5.11 Å². The molecule has 1 heterocycles. The van der Waals surface area contributed by atoms with Crippen molar-refractivity contribution in [3.05, 3.63) is 59.4 Å². The van der Waals surface area contributed by atoms with E-state index in [9.17, 15) is 15.3 Å². The van der Waals surface area contributed by atoms with Crippen molar-refractivity contribution in [3.63, 3.8) is 0 Å². The monoisotopic (exact) mass is 346 g/mol. The molecule has 6 nitrogen and oxygen atoms in total. The lowest BCUT2D eigenvalue weighted by Gasteiger charge is -2.25. The molecule has 3 rings (SSSR count). The number of fused-ring (bicyclic) bond motifs is 1. The predicted molar refractivity (Wildman–Crippen MR) is 96.4 cm³/mol. The zero-order valence-electron chi connectivity index (χ0n) is 14.2. The van der Waals surface area contributed by atoms with Gasteiger partial charge in [0, 0.05) is 26.2 Å². The zero-order valence-corrected chi connectivity index (χ0v) is 14.2. The van der Waals surface area contributed by atoms with Crippen LogP contribution in [0.1, 0.15) is 12.0 Å². The first-order valence-electron chi connectivity index (χ1n) is 8.37. The molecule has 6 heteroatoms. The number of carbonyl (C=O) groups is 1. The summed E-state index contributed by atoms with van der Waals surface area (Å²) in [4.78, 5) is 14.7. The molecule has 130 valence electrons. The van der Waals surface area contributed by atoms with Crippen molar-refractivity contribution in [2.45, 2.75) is 13.0 Å². The number of hydrogen-bond donors (Lipinski definition) is 1. The first-order valence-corrected chi connectivity index (χ1v) is 8.37. The van der Waals surface area contributed by atoms with Gasteiger partial charge in [0.25, 0.3) is 0 Å². The van der Waals surface area contributed by atoms with Crippen LogP contribution in [0.15, 0.2) is 53.9 Å². The Labute approximate surface area is 151 Å². The third kappa shape index (κ3) is 3.45. The Hall–Kier alpha value is -3.51. The number of nitriles is 2. The first-order chi connectivity index (χ1) is 12.6. The molecule has 1 fully saturated rings. The number of carboxylic acids is 1. The molecule has 0 amide bonds. The average Bonchev–Trinajstić information content (AvgIpc) is 3.04. The highest BCUT2D eigenvalue weighted by atomic mass is 16.4. The van der Waals surface area contributed by atoms with Crippen molar-refractivity contribution in [1.82, 2.24) is 9.80 Å². The van der Waals surface area contributed by atoms with E-state index < -0.39 is 5.97 Å². The summed E-state index contributed by atoms with van der Waals surface area (Å²) >= 11 is 0. The van der Waals surface area contributed by atoms with E-state index in [1.165, 1.54) is 0 Å². The minimum Gasteiger partial charge on any atom is -0.481 e. The third-order valence-electron chi connectivity index (χ3n) is 4.52. The number of hydrogen-bond acceptors (Lipinski definition) is 5. The molecule has 0 saturated carbocycles. The Bertz CT molecular complexity index is 931. The fourth-order valence-corrected chi connectivity index (χ4v) is 3.33. The lowest BCUT2D eigenvalue weighted by atomic mass is 10.0. The summed E-state index contributed by atoms with van der Waals surface area (Å²) < 4.78 is 0. The van der Waals surface area contributed by atoms with Gasteiger partial charge in [-0.15, -0.1) is 0 Å². The standard InChI is InChI=1S/C20H18N4O2/c21-12-17(13-22)20-23(9-8-19(25)26)10-11-24(20)14-16-6-3-5-15-4-1-2-7-18(15)16/h1-7H,8-11,14H2,(H,25,26). The largest absolute Gasteiger partial charge is 0.481 e. The number of benzene rings is 2. The fourth-order valence-electron chi connectivity index (χ4n) is 3.33. The van der Waals surface area contributed by atoms with Gasteiger partial charge in [-0.25, -0.2) is 0 Å². The third-order valence-corrected chi connectivity index (χ3v) is 4.52. The Kier molecular flexibility index (Phi) is 5.05. The maximum Gasteiger partial charge on any atom is 0.305 e. The van der Waals surface area contributed by atoms with Crippen LogP contribution in [0.5, 0.6) is 0 Å². The Balaban J connectivity index is 1.93. The van der Waals surface area contributed by atoms with Crippen molar-refractivity contribution in [2.24, 2.45) is 0 Å². The average molecular weight is 346 g/mol. The summed E-state index contributed by atoms with van der Waals surface area (Å²) in [6.45, 7) is 2.09. The second-order valence-corrected chi connectivity index (χ2v) is 6.11. The van der Waals surface area contributed by atoms with Gasteiger partial charge >= 0.3 is 5.97 Å². The van der Waals surface area contributed by atoms with Crippen molar-refractivity contribution in [3.8, 4) is 12.1 Å². The Morgan fingerprint density at radius 1 is 1.04 bits per heavy atom. The van der Waals surface area contributed by atoms with Crippen molar-refractivity contribution >= 4 is 16.7 Å². The molecular weight excluding hydrogens is 328 g/mol. The van der Waals surface area contributed by atoms with Crippen LogP contribution in [-0.2, 0) is 11.3 Å². The number of nitrogens with zero attached hydrogens (tertiary/aromatic N) is 4. The molecule has 2 aromatic rings. The van der Waals surface area contributed by atoms with Crippen molar-refractivity contribution in [1.29, 1.82) is 10.5 Å². The molecule has 1 aliphatic heterocycles. The van der Waals surface area contributed by atoms with Gasteiger partial charge in [-0.1, -0.05) is 42.5 Å². The number of allylic oxidation sites excluding steroid dienone is 1. The molecule has 0 spiro atoms. The number of carboxylic acid groups (broad SMARTS) is 1. The molecule has 26 heavy (non-hydrogen) atoms. The normalized spacial score (nSPS) is 13.5. The van der Waals surface area contributed by atoms with Crippen LogP contribution >= 0.6 is 0 Å². The van der Waals surface area contributed by atoms with Crippen LogP contribution in [0.4, 0.5) is 0 Å². The van der Waals surface area contributed by atoms with Crippen LogP contribution in [-0.4, -0.2) is 40.5 Å². The van der Waals surface area contributed by atoms with Crippen LogP contribution in [0.3, 0.4) is 0 Å². The lowest BCUT2D eigenvalue weighted by Crippen LogP contribution is -2.26. The fraction of sp³-hybridized carbons (Fsp3) is 0.250. The van der Waals surface area contributed by atoms with E-state index in [0.29, 0.717) is 25.5 Å². The lowest BCUT2D eigenvalue weighted by molar-refractivity contribution is -0.137. The second-order valence-electron chi connectivity index (χ2n) is 6.11. The van der Waals surface area contributed by atoms with Crippen LogP contribution in [0.2, 0.25) is 0 Å². The minimum absolute atomic E-state index is 0.0214. The summed E-state index contributed by atoms with van der Waals surface area (Å²) in [6.07, 6.45) is -0.0320. The molecule has 2 aromatic carbocycles. The van der Waals surface area contributed by atoms with Crippen LogP contribution < -0.4 is 0 Å². The van der Waals surface area contributed by atoms with Gasteiger partial charge in [-0.2, -0.15) is 10.5 Å². The van der Waals surface area contributed by atoms with Crippen LogP contribution in [0.25, 0.3) is 10.8 Å². The van der Waals surface area contributed by atoms with Gasteiger partial charge < -0.3 is 14.9 Å². The second kappa shape index (κ2) is 7.58. The molecule has 1 aliphatic rings. The minimum atomic E-state index is -0.896. The molecule has 0 aromatic heterocycles. The molecule has 0 bridgehead atoms. The molecule has 0 aliphatic carbocycles. The summed E-state index contributed by atoms with van der Waals surface area (Å²) in [7, 11) is 0. The van der Waals surface area contributed by atoms with E-state index in [1.807, 2.05) is 46.2 Å². The van der Waals surface area contributed by atoms with Crippen molar-refractivity contribution in [2.75, 3.05) is 19.6 Å². The molecule has 0 atom stereocenters. The molecule has 0 unspecified atom stereocenters. The summed E-state index contributed by atoms with van der Waals surface area (Å²) in [6, 6.07) is 18.1. The van der Waals surface area contributed by atoms with Gasteiger partial charge in [-0.05, 0) is 16.3 Å². The number of rotatable bonds is 5. The van der Waals surface area contributed by atoms with Crippen LogP contribution in [0, 0.1) is 22.7 Å². The topological polar surface area (TPSA) is 91.4 Å². The van der Waals surface area contributed by atoms with Crippen molar-refractivity contribution < 1.29 is 9.90 Å². The molecule has 0 radical (unpaired) electrons. The van der Waals surface area contributed by atoms with E-state index in [0.717, 1.165) is 16.3 Å². The Morgan fingerprint density at radius 2 is 1.73 bits per heavy atom.